The summed E-state index contributed by atoms with van der Waals surface area (Å²) in [4.78, 5) is 84.1. The molecule has 1 aliphatic heterocycles. The van der Waals surface area contributed by atoms with Crippen LogP contribution < -0.4 is 22.6 Å². The molecule has 0 bridgehead atoms. The molecule has 45 heavy (non-hydrogen) atoms. The third kappa shape index (κ3) is 6.97. The van der Waals surface area contributed by atoms with Gasteiger partial charge in [0.15, 0.2) is 23.2 Å². The summed E-state index contributed by atoms with van der Waals surface area (Å²) in [5, 5.41) is 0. The molecule has 0 saturated heterocycles. The summed E-state index contributed by atoms with van der Waals surface area (Å²) in [5.41, 5.74) is 16.8. The minimum atomic E-state index is -1.43. The Kier molecular flexibility index (Phi) is 10.4. The molecular formula is C32H37N5O8. The van der Waals surface area contributed by atoms with Gasteiger partial charge in [-0.05, 0) is 51.3 Å². The Labute approximate surface area is 259 Å². The number of primary amides is 2. The van der Waals surface area contributed by atoms with E-state index in [2.05, 4.69) is 9.98 Å². The number of esters is 1. The van der Waals surface area contributed by atoms with Crippen molar-refractivity contribution < 1.29 is 33.1 Å². The fourth-order valence-electron chi connectivity index (χ4n) is 5.04. The van der Waals surface area contributed by atoms with Gasteiger partial charge in [0.25, 0.3) is 5.91 Å². The summed E-state index contributed by atoms with van der Waals surface area (Å²) in [6, 6.07) is 1.61. The molecule has 6 N–H and O–H groups in total. The van der Waals surface area contributed by atoms with Crippen LogP contribution in [0.4, 0.5) is 5.69 Å². The number of benzene rings is 2. The first-order chi connectivity index (χ1) is 21.0. The number of amides is 2. The van der Waals surface area contributed by atoms with Crippen molar-refractivity contribution >= 4 is 52.4 Å². The lowest BCUT2D eigenvalue weighted by atomic mass is 9.88. The number of allylic oxidation sites excluding steroid dienone is 1. The Hall–Kier alpha value is -5.20. The number of Topliss-reactive ketones (excluding diaryl/α,β-unsaturated/α-hetero) is 1. The van der Waals surface area contributed by atoms with Crippen LogP contribution in [0.25, 0.3) is 22.6 Å². The number of hydrogen-bond donors (Lipinski definition) is 3. The van der Waals surface area contributed by atoms with E-state index in [4.69, 9.17) is 26.4 Å². The smallest absolute Gasteiger partial charge is 0.313 e. The first-order valence-corrected chi connectivity index (χ1v) is 14.3. The highest BCUT2D eigenvalue weighted by atomic mass is 16.5. The van der Waals surface area contributed by atoms with Gasteiger partial charge < -0.3 is 26.4 Å². The molecule has 0 saturated carbocycles. The van der Waals surface area contributed by atoms with Gasteiger partial charge in [-0.3, -0.25) is 33.8 Å². The van der Waals surface area contributed by atoms with Gasteiger partial charge in [-0.25, -0.2) is 4.98 Å². The molecule has 1 heterocycles. The number of aryl methyl sites for hydroxylation is 1. The predicted molar refractivity (Wildman–Crippen MR) is 168 cm³/mol. The lowest BCUT2D eigenvalue weighted by Crippen LogP contribution is -2.40. The SMILES string of the molecule is CCC(=O)/C=C(/C)C(C(=O)OC(C)C(N=CC(=O)c1ccc(C)c2oc3c(C)c(=O)c(N)c(C(N)=O)c-3nc12)C(N)=O)C(C)C. The fraction of sp³-hybridized carbons (Fsp3) is 0.375. The Morgan fingerprint density at radius 2 is 1.73 bits per heavy atom. The predicted octanol–water partition coefficient (Wildman–Crippen LogP) is 2.83. The van der Waals surface area contributed by atoms with Gasteiger partial charge in [0, 0.05) is 12.0 Å². The Morgan fingerprint density at radius 1 is 1.09 bits per heavy atom. The number of ether oxygens (including phenoxy) is 1. The maximum atomic E-state index is 13.4. The third-order valence-corrected chi connectivity index (χ3v) is 7.45. The molecule has 1 aromatic carbocycles. The fourth-order valence-corrected chi connectivity index (χ4v) is 5.04. The summed E-state index contributed by atoms with van der Waals surface area (Å²) >= 11 is 0. The van der Waals surface area contributed by atoms with Crippen molar-refractivity contribution in [2.75, 3.05) is 5.73 Å². The number of aromatic nitrogens is 1. The molecular weight excluding hydrogens is 582 g/mol. The summed E-state index contributed by atoms with van der Waals surface area (Å²) in [5.74, 6) is -4.48. The standard InChI is InChI=1S/C32H37N5O8/c1-8-18(38)11-15(5)21(13(2)3)32(43)44-17(7)24(31(35)42)36-12-20(39)19-10-9-14(4)28-25(19)37-26-22(30(34)41)23(33)27(40)16(6)29(26)45-28/h9-13,17,21,24H,8,33H2,1-7H3,(H2,34,41)(H2,35,42)/b15-11-,36-12?. The molecule has 3 rings (SSSR count). The molecule has 0 spiro atoms. The van der Waals surface area contributed by atoms with Gasteiger partial charge in [-0.1, -0.05) is 32.4 Å². The van der Waals surface area contributed by atoms with E-state index in [1.165, 1.54) is 26.0 Å². The van der Waals surface area contributed by atoms with Gasteiger partial charge in [0.1, 0.15) is 17.3 Å². The van der Waals surface area contributed by atoms with Crippen LogP contribution in [0.15, 0.2) is 38.0 Å². The quantitative estimate of drug-likeness (QED) is 0.0670. The second-order valence-electron chi connectivity index (χ2n) is 11.2. The highest BCUT2D eigenvalue weighted by Gasteiger charge is 2.32. The Morgan fingerprint density at radius 3 is 2.29 bits per heavy atom. The number of hydrogen-bond acceptors (Lipinski definition) is 11. The Balaban J connectivity index is 2.03. The molecule has 2 aliphatic rings. The van der Waals surface area contributed by atoms with Crippen LogP contribution in [0, 0.1) is 25.7 Å². The molecule has 1 aromatic rings. The number of carbonyl (C=O) groups is 5. The van der Waals surface area contributed by atoms with E-state index in [0.717, 1.165) is 6.21 Å². The molecule has 13 nitrogen and oxygen atoms in total. The molecule has 2 amide bonds. The summed E-state index contributed by atoms with van der Waals surface area (Å²) < 4.78 is 11.5. The maximum absolute atomic E-state index is 13.4. The molecule has 238 valence electrons. The van der Waals surface area contributed by atoms with Crippen molar-refractivity contribution in [2.24, 2.45) is 28.3 Å². The van der Waals surface area contributed by atoms with Crippen molar-refractivity contribution in [1.29, 1.82) is 0 Å². The van der Waals surface area contributed by atoms with Crippen LogP contribution in [0.2, 0.25) is 0 Å². The normalized spacial score (nSPS) is 14.1. The number of ketones is 2. The largest absolute Gasteiger partial charge is 0.459 e. The number of carbonyl (C=O) groups excluding carboxylic acids is 5. The zero-order valence-electron chi connectivity index (χ0n) is 26.2. The second-order valence-corrected chi connectivity index (χ2v) is 11.2. The molecule has 1 aliphatic carbocycles. The first-order valence-electron chi connectivity index (χ1n) is 14.3. The molecule has 0 aromatic heterocycles. The van der Waals surface area contributed by atoms with E-state index < -0.39 is 52.7 Å². The van der Waals surface area contributed by atoms with Gasteiger partial charge >= 0.3 is 5.97 Å². The van der Waals surface area contributed by atoms with Crippen molar-refractivity contribution in [3.05, 3.63) is 56.3 Å². The number of fused-ring (bicyclic) bond motifs is 2. The van der Waals surface area contributed by atoms with Gasteiger partial charge in [-0.2, -0.15) is 0 Å². The van der Waals surface area contributed by atoms with Crippen LogP contribution in [0.5, 0.6) is 0 Å². The van der Waals surface area contributed by atoms with Crippen molar-refractivity contribution in [3.63, 3.8) is 0 Å². The van der Waals surface area contributed by atoms with E-state index in [-0.39, 0.29) is 57.4 Å². The number of rotatable bonds is 12. The van der Waals surface area contributed by atoms with Gasteiger partial charge in [-0.15, -0.1) is 0 Å². The first kappa shape index (κ1) is 34.3. The van der Waals surface area contributed by atoms with Gasteiger partial charge in [0.2, 0.25) is 17.1 Å². The van der Waals surface area contributed by atoms with Crippen LogP contribution in [-0.4, -0.2) is 52.7 Å². The molecule has 0 radical (unpaired) electrons. The van der Waals surface area contributed by atoms with Crippen LogP contribution in [0.3, 0.4) is 0 Å². The summed E-state index contributed by atoms with van der Waals surface area (Å²) in [7, 11) is 0. The molecule has 13 heteroatoms. The number of nitrogen functional groups attached to an aromatic ring is 1. The van der Waals surface area contributed by atoms with E-state index in [0.29, 0.717) is 11.1 Å². The van der Waals surface area contributed by atoms with Crippen LogP contribution in [-0.2, 0) is 19.1 Å². The number of nitrogens with two attached hydrogens (primary N) is 3. The topological polar surface area (TPSA) is 228 Å². The summed E-state index contributed by atoms with van der Waals surface area (Å²) in [6.45, 7) is 11.5. The van der Waals surface area contributed by atoms with Crippen LogP contribution in [0.1, 0.15) is 72.9 Å². The highest BCUT2D eigenvalue weighted by molar-refractivity contribution is 6.38. The zero-order chi connectivity index (χ0) is 33.9. The summed E-state index contributed by atoms with van der Waals surface area (Å²) in [6.07, 6.45) is 1.37. The molecule has 0 fully saturated rings. The van der Waals surface area contributed by atoms with Crippen molar-refractivity contribution in [1.82, 2.24) is 4.98 Å². The Bertz CT molecular complexity index is 1800. The third-order valence-electron chi connectivity index (χ3n) is 7.45. The second kappa shape index (κ2) is 13.6. The molecule has 3 unspecified atom stereocenters. The van der Waals surface area contributed by atoms with Gasteiger partial charge in [0.05, 0.1) is 28.9 Å². The minimum Gasteiger partial charge on any atom is -0.459 e. The van der Waals surface area contributed by atoms with E-state index in [9.17, 15) is 28.8 Å². The van der Waals surface area contributed by atoms with E-state index >= 15 is 0 Å². The van der Waals surface area contributed by atoms with E-state index in [1.54, 1.807) is 40.7 Å². The van der Waals surface area contributed by atoms with Crippen molar-refractivity contribution in [2.45, 2.75) is 67.0 Å². The van der Waals surface area contributed by atoms with Crippen molar-refractivity contribution in [3.8, 4) is 11.5 Å². The average molecular weight is 620 g/mol. The lowest BCUT2D eigenvalue weighted by Gasteiger charge is -2.24. The number of anilines is 1. The minimum absolute atomic E-state index is 0.00913. The number of nitrogens with zero attached hydrogens (tertiary/aromatic N) is 2. The van der Waals surface area contributed by atoms with Crippen LogP contribution >= 0.6 is 0 Å². The molecule has 3 atom stereocenters. The monoisotopic (exact) mass is 619 g/mol. The zero-order valence-corrected chi connectivity index (χ0v) is 26.2. The average Bonchev–Trinajstić information content (AvgIpc) is 2.95. The maximum Gasteiger partial charge on any atom is 0.313 e. The lowest BCUT2D eigenvalue weighted by molar-refractivity contribution is -0.154. The van der Waals surface area contributed by atoms with E-state index in [1.807, 2.05) is 0 Å². The number of aliphatic imine (C=N–C) groups is 1. The highest BCUT2D eigenvalue weighted by Crippen LogP contribution is 2.34.